The van der Waals surface area contributed by atoms with Gasteiger partial charge in [-0.2, -0.15) is 0 Å². The van der Waals surface area contributed by atoms with Crippen LogP contribution in [0.4, 0.5) is 0 Å². The molecule has 0 radical (unpaired) electrons. The Bertz CT molecular complexity index is 89.7. The van der Waals surface area contributed by atoms with Gasteiger partial charge in [-0.3, -0.25) is 0 Å². The highest BCUT2D eigenvalue weighted by molar-refractivity contribution is 5.81. The molecule has 0 fully saturated rings. The van der Waals surface area contributed by atoms with Gasteiger partial charge in [-0.05, 0) is 0 Å². The molecule has 0 saturated carbocycles. The van der Waals surface area contributed by atoms with Crippen molar-refractivity contribution in [2.45, 2.75) is 13.3 Å². The zero-order chi connectivity index (χ0) is 5.11. The summed E-state index contributed by atoms with van der Waals surface area (Å²) in [6.45, 7) is 2.57. The van der Waals surface area contributed by atoms with E-state index < -0.39 is 0 Å². The Morgan fingerprint density at radius 1 is 2.00 bits per heavy atom. The smallest absolute Gasteiger partial charge is 0.188 e. The molecular formula is C4H8N2O. The van der Waals surface area contributed by atoms with Crippen molar-refractivity contribution in [2.24, 2.45) is 5.16 Å². The van der Waals surface area contributed by atoms with E-state index in [2.05, 4.69) is 15.3 Å². The first-order chi connectivity index (χ1) is 3.43. The first-order valence-electron chi connectivity index (χ1n) is 2.36. The van der Waals surface area contributed by atoms with Gasteiger partial charge in [-0.1, -0.05) is 12.1 Å². The molecule has 0 aromatic carbocycles. The van der Waals surface area contributed by atoms with Crippen LogP contribution in [0.2, 0.25) is 0 Å². The Morgan fingerprint density at radius 3 is 3.14 bits per heavy atom. The number of rotatable bonds is 1. The van der Waals surface area contributed by atoms with E-state index in [4.69, 9.17) is 0 Å². The second-order valence-electron chi connectivity index (χ2n) is 1.34. The maximum atomic E-state index is 4.62. The van der Waals surface area contributed by atoms with E-state index >= 15 is 0 Å². The van der Waals surface area contributed by atoms with Crippen LogP contribution in [0.25, 0.3) is 0 Å². The third-order valence-electron chi connectivity index (χ3n) is 0.850. The van der Waals surface area contributed by atoms with E-state index in [9.17, 15) is 0 Å². The van der Waals surface area contributed by atoms with Gasteiger partial charge in [0, 0.05) is 6.42 Å². The summed E-state index contributed by atoms with van der Waals surface area (Å²) in [5.74, 6) is 0.944. The van der Waals surface area contributed by atoms with Crippen LogP contribution in [0.1, 0.15) is 13.3 Å². The summed E-state index contributed by atoms with van der Waals surface area (Å²) in [5.41, 5.74) is 0. The van der Waals surface area contributed by atoms with E-state index in [1.165, 1.54) is 0 Å². The summed E-state index contributed by atoms with van der Waals surface area (Å²) >= 11 is 0. The molecule has 7 heavy (non-hydrogen) atoms. The maximum absolute atomic E-state index is 4.62. The summed E-state index contributed by atoms with van der Waals surface area (Å²) in [5, 5.41) is 6.59. The SMILES string of the molecule is CCC1=NOCN1. The van der Waals surface area contributed by atoms with Crippen molar-refractivity contribution in [2.75, 3.05) is 6.73 Å². The minimum Gasteiger partial charge on any atom is -0.372 e. The van der Waals surface area contributed by atoms with Crippen LogP contribution in [-0.4, -0.2) is 12.6 Å². The zero-order valence-corrected chi connectivity index (χ0v) is 4.27. The van der Waals surface area contributed by atoms with Crippen molar-refractivity contribution in [1.29, 1.82) is 0 Å². The molecule has 0 atom stereocenters. The minimum atomic E-state index is 0.545. The fraction of sp³-hybridized carbons (Fsp3) is 0.750. The lowest BCUT2D eigenvalue weighted by molar-refractivity contribution is 0.164. The van der Waals surface area contributed by atoms with Gasteiger partial charge < -0.3 is 10.2 Å². The molecule has 0 aromatic heterocycles. The molecule has 0 unspecified atom stereocenters. The summed E-state index contributed by atoms with van der Waals surface area (Å²) in [4.78, 5) is 4.62. The highest BCUT2D eigenvalue weighted by Crippen LogP contribution is 1.89. The van der Waals surface area contributed by atoms with Gasteiger partial charge in [0.25, 0.3) is 0 Å². The van der Waals surface area contributed by atoms with E-state index in [0.717, 1.165) is 12.3 Å². The van der Waals surface area contributed by atoms with Crippen molar-refractivity contribution in [3.63, 3.8) is 0 Å². The largest absolute Gasteiger partial charge is 0.372 e. The Morgan fingerprint density at radius 2 is 2.86 bits per heavy atom. The highest BCUT2D eigenvalue weighted by atomic mass is 16.6. The molecular weight excluding hydrogens is 92.1 g/mol. The number of amidine groups is 1. The van der Waals surface area contributed by atoms with Gasteiger partial charge in [0.2, 0.25) is 0 Å². The Hall–Kier alpha value is -0.730. The first kappa shape index (κ1) is 4.43. The minimum absolute atomic E-state index is 0.545. The average Bonchev–Trinajstić information content (AvgIpc) is 2.14. The van der Waals surface area contributed by atoms with Crippen LogP contribution >= 0.6 is 0 Å². The summed E-state index contributed by atoms with van der Waals surface area (Å²) in [6, 6.07) is 0. The topological polar surface area (TPSA) is 33.6 Å². The summed E-state index contributed by atoms with van der Waals surface area (Å²) < 4.78 is 0. The summed E-state index contributed by atoms with van der Waals surface area (Å²) in [7, 11) is 0. The van der Waals surface area contributed by atoms with Gasteiger partial charge in [0.1, 0.15) is 5.84 Å². The molecule has 0 amide bonds. The first-order valence-corrected chi connectivity index (χ1v) is 2.36. The van der Waals surface area contributed by atoms with Crippen LogP contribution in [-0.2, 0) is 4.84 Å². The van der Waals surface area contributed by atoms with Gasteiger partial charge in [-0.25, -0.2) is 0 Å². The van der Waals surface area contributed by atoms with Gasteiger partial charge >= 0.3 is 0 Å². The lowest BCUT2D eigenvalue weighted by Gasteiger charge is -1.87. The predicted octanol–water partition coefficient (Wildman–Crippen LogP) is 0.287. The van der Waals surface area contributed by atoms with E-state index in [-0.39, 0.29) is 0 Å². The van der Waals surface area contributed by atoms with Crippen molar-refractivity contribution in [3.05, 3.63) is 0 Å². The van der Waals surface area contributed by atoms with Crippen LogP contribution in [0, 0.1) is 0 Å². The maximum Gasteiger partial charge on any atom is 0.188 e. The zero-order valence-electron chi connectivity index (χ0n) is 4.27. The monoisotopic (exact) mass is 100 g/mol. The second-order valence-corrected chi connectivity index (χ2v) is 1.34. The van der Waals surface area contributed by atoms with E-state index in [0.29, 0.717) is 6.73 Å². The normalized spacial score (nSPS) is 17.6. The molecule has 0 aliphatic carbocycles. The fourth-order valence-electron chi connectivity index (χ4n) is 0.448. The van der Waals surface area contributed by atoms with Crippen LogP contribution < -0.4 is 5.32 Å². The standard InChI is InChI=1S/C4H8N2O/c1-2-4-5-3-7-6-4/h2-3H2,1H3,(H,5,6). The number of nitrogens with one attached hydrogen (secondary N) is 1. The Labute approximate surface area is 42.3 Å². The Kier molecular flexibility index (Phi) is 1.15. The molecule has 1 N–H and O–H groups in total. The lowest BCUT2D eigenvalue weighted by atomic mass is 10.4. The quantitative estimate of drug-likeness (QED) is 0.513. The molecule has 3 nitrogen and oxygen atoms in total. The van der Waals surface area contributed by atoms with Crippen molar-refractivity contribution in [1.82, 2.24) is 5.32 Å². The number of oxime groups is 1. The third kappa shape index (κ3) is 0.824. The molecule has 40 valence electrons. The molecule has 1 rings (SSSR count). The van der Waals surface area contributed by atoms with Crippen molar-refractivity contribution in [3.8, 4) is 0 Å². The molecule has 0 aromatic rings. The predicted molar refractivity (Wildman–Crippen MR) is 26.8 cm³/mol. The van der Waals surface area contributed by atoms with Crippen molar-refractivity contribution >= 4 is 5.84 Å². The van der Waals surface area contributed by atoms with Crippen LogP contribution in [0.5, 0.6) is 0 Å². The van der Waals surface area contributed by atoms with Gasteiger partial charge in [-0.15, -0.1) is 0 Å². The van der Waals surface area contributed by atoms with Crippen LogP contribution in [0.3, 0.4) is 0 Å². The van der Waals surface area contributed by atoms with Gasteiger partial charge in [0.05, 0.1) is 0 Å². The molecule has 1 heterocycles. The molecule has 1 aliphatic rings. The summed E-state index contributed by atoms with van der Waals surface area (Å²) in [6.07, 6.45) is 0.931. The fourth-order valence-corrected chi connectivity index (χ4v) is 0.448. The third-order valence-corrected chi connectivity index (χ3v) is 0.850. The number of nitrogens with zero attached hydrogens (tertiary/aromatic N) is 1. The molecule has 1 aliphatic heterocycles. The number of hydrogen-bond acceptors (Lipinski definition) is 3. The molecule has 3 heteroatoms. The Balaban J connectivity index is 2.36. The molecule has 0 spiro atoms. The second kappa shape index (κ2) is 1.82. The number of hydrogen-bond donors (Lipinski definition) is 1. The van der Waals surface area contributed by atoms with Crippen molar-refractivity contribution < 1.29 is 4.84 Å². The molecule has 0 saturated heterocycles. The highest BCUT2D eigenvalue weighted by Gasteiger charge is 1.99. The molecule has 0 bridgehead atoms. The van der Waals surface area contributed by atoms with Gasteiger partial charge in [0.15, 0.2) is 6.73 Å². The lowest BCUT2D eigenvalue weighted by Crippen LogP contribution is -2.16. The van der Waals surface area contributed by atoms with E-state index in [1.807, 2.05) is 6.92 Å². The van der Waals surface area contributed by atoms with Crippen LogP contribution in [0.15, 0.2) is 5.16 Å². The van der Waals surface area contributed by atoms with E-state index in [1.54, 1.807) is 0 Å². The average molecular weight is 100 g/mol.